The van der Waals surface area contributed by atoms with Gasteiger partial charge in [0.25, 0.3) is 0 Å². The summed E-state index contributed by atoms with van der Waals surface area (Å²) in [5, 5.41) is 3.49. The molecule has 0 aromatic rings. The van der Waals surface area contributed by atoms with Crippen LogP contribution in [0.1, 0.15) is 38.5 Å². The molecule has 2 bridgehead atoms. The largest absolute Gasteiger partial charge is 0.380 e. The Morgan fingerprint density at radius 1 is 1.06 bits per heavy atom. The molecule has 1 N–H and O–H groups in total. The molecule has 92 valence electrons. The van der Waals surface area contributed by atoms with Crippen LogP contribution in [0.5, 0.6) is 0 Å². The van der Waals surface area contributed by atoms with Gasteiger partial charge >= 0.3 is 0 Å². The standard InChI is InChI=1S/C13H24N2O/c1-14-10-7-11-3-2-4-12(8-10)15(11)13-5-6-16-9-13/h10-14H,2-9H2,1H3. The molecule has 0 aromatic carbocycles. The number of hydrogen-bond acceptors (Lipinski definition) is 3. The summed E-state index contributed by atoms with van der Waals surface area (Å²) in [7, 11) is 2.12. The van der Waals surface area contributed by atoms with Gasteiger partial charge in [-0.05, 0) is 39.2 Å². The van der Waals surface area contributed by atoms with Crippen molar-refractivity contribution >= 4 is 0 Å². The van der Waals surface area contributed by atoms with Crippen LogP contribution in [0.3, 0.4) is 0 Å². The van der Waals surface area contributed by atoms with Crippen molar-refractivity contribution in [3.63, 3.8) is 0 Å². The predicted octanol–water partition coefficient (Wildman–Crippen LogP) is 1.38. The second-order valence-corrected chi connectivity index (χ2v) is 5.66. The molecule has 0 radical (unpaired) electrons. The summed E-state index contributed by atoms with van der Waals surface area (Å²) in [6.45, 7) is 1.97. The Bertz CT molecular complexity index is 226. The Morgan fingerprint density at radius 2 is 1.81 bits per heavy atom. The van der Waals surface area contributed by atoms with Gasteiger partial charge in [0.15, 0.2) is 0 Å². The lowest BCUT2D eigenvalue weighted by Crippen LogP contribution is -2.59. The van der Waals surface area contributed by atoms with E-state index in [1.54, 1.807) is 0 Å². The first-order valence-electron chi connectivity index (χ1n) is 6.91. The van der Waals surface area contributed by atoms with Gasteiger partial charge in [-0.25, -0.2) is 0 Å². The van der Waals surface area contributed by atoms with Crippen LogP contribution in [0.2, 0.25) is 0 Å². The van der Waals surface area contributed by atoms with Crippen LogP contribution in [-0.2, 0) is 4.74 Å². The third-order valence-electron chi connectivity index (χ3n) is 4.77. The third-order valence-corrected chi connectivity index (χ3v) is 4.77. The molecule has 3 saturated heterocycles. The van der Waals surface area contributed by atoms with Gasteiger partial charge in [-0.1, -0.05) is 6.42 Å². The molecule has 0 spiro atoms. The monoisotopic (exact) mass is 224 g/mol. The van der Waals surface area contributed by atoms with E-state index in [-0.39, 0.29) is 0 Å². The summed E-state index contributed by atoms with van der Waals surface area (Å²) < 4.78 is 5.57. The maximum atomic E-state index is 5.57. The lowest BCUT2D eigenvalue weighted by Gasteiger charge is -2.51. The quantitative estimate of drug-likeness (QED) is 0.767. The minimum absolute atomic E-state index is 0.730. The third kappa shape index (κ3) is 1.89. The van der Waals surface area contributed by atoms with Gasteiger partial charge in [0, 0.05) is 30.8 Å². The van der Waals surface area contributed by atoms with Crippen molar-refractivity contribution in [3.8, 4) is 0 Å². The lowest BCUT2D eigenvalue weighted by atomic mass is 9.80. The topological polar surface area (TPSA) is 24.5 Å². The Balaban J connectivity index is 1.73. The van der Waals surface area contributed by atoms with Gasteiger partial charge in [-0.3, -0.25) is 4.90 Å². The van der Waals surface area contributed by atoms with Crippen LogP contribution in [0.4, 0.5) is 0 Å². The van der Waals surface area contributed by atoms with Crippen LogP contribution < -0.4 is 5.32 Å². The first kappa shape index (κ1) is 11.0. The Labute approximate surface area is 98.5 Å². The molecule has 0 saturated carbocycles. The van der Waals surface area contributed by atoms with Crippen molar-refractivity contribution in [1.82, 2.24) is 10.2 Å². The molecule has 3 fully saturated rings. The number of ether oxygens (including phenoxy) is 1. The zero-order valence-corrected chi connectivity index (χ0v) is 10.3. The minimum atomic E-state index is 0.730. The second-order valence-electron chi connectivity index (χ2n) is 5.66. The maximum absolute atomic E-state index is 5.57. The number of nitrogens with one attached hydrogen (secondary N) is 1. The van der Waals surface area contributed by atoms with Gasteiger partial charge in [0.05, 0.1) is 6.61 Å². The highest BCUT2D eigenvalue weighted by Crippen LogP contribution is 2.37. The molecule has 16 heavy (non-hydrogen) atoms. The van der Waals surface area contributed by atoms with Crippen molar-refractivity contribution < 1.29 is 4.74 Å². The van der Waals surface area contributed by atoms with Gasteiger partial charge < -0.3 is 10.1 Å². The first-order chi connectivity index (χ1) is 7.88. The second kappa shape index (κ2) is 4.63. The molecule has 0 amide bonds. The zero-order valence-electron chi connectivity index (χ0n) is 10.3. The Morgan fingerprint density at radius 3 is 2.38 bits per heavy atom. The highest BCUT2D eigenvalue weighted by atomic mass is 16.5. The fourth-order valence-electron chi connectivity index (χ4n) is 4.01. The van der Waals surface area contributed by atoms with E-state index in [1.165, 1.54) is 38.5 Å². The SMILES string of the molecule is CNC1CC2CCCC(C1)N2C1CCOC1. The molecule has 0 aromatic heterocycles. The van der Waals surface area contributed by atoms with Crippen LogP contribution in [0, 0.1) is 0 Å². The highest BCUT2D eigenvalue weighted by Gasteiger charge is 2.41. The molecule has 3 nitrogen and oxygen atoms in total. The summed E-state index contributed by atoms with van der Waals surface area (Å²) in [5.41, 5.74) is 0. The first-order valence-corrected chi connectivity index (χ1v) is 6.91. The van der Waals surface area contributed by atoms with E-state index < -0.39 is 0 Å². The molecule has 3 unspecified atom stereocenters. The Kier molecular flexibility index (Phi) is 3.18. The van der Waals surface area contributed by atoms with Gasteiger partial charge in [0.1, 0.15) is 0 Å². The molecule has 3 atom stereocenters. The lowest BCUT2D eigenvalue weighted by molar-refractivity contribution is -0.0124. The van der Waals surface area contributed by atoms with Gasteiger partial charge in [-0.2, -0.15) is 0 Å². The van der Waals surface area contributed by atoms with Crippen molar-refractivity contribution in [3.05, 3.63) is 0 Å². The molecular weight excluding hydrogens is 200 g/mol. The summed E-state index contributed by atoms with van der Waals surface area (Å²) in [6.07, 6.45) is 8.22. The Hall–Kier alpha value is -0.120. The van der Waals surface area contributed by atoms with E-state index >= 15 is 0 Å². The van der Waals surface area contributed by atoms with E-state index in [4.69, 9.17) is 4.74 Å². The van der Waals surface area contributed by atoms with E-state index in [0.29, 0.717) is 0 Å². The van der Waals surface area contributed by atoms with Crippen LogP contribution in [0.15, 0.2) is 0 Å². The number of fused-ring (bicyclic) bond motifs is 2. The fourth-order valence-corrected chi connectivity index (χ4v) is 4.01. The number of rotatable bonds is 2. The number of hydrogen-bond donors (Lipinski definition) is 1. The summed E-state index contributed by atoms with van der Waals surface area (Å²) in [4.78, 5) is 2.82. The van der Waals surface area contributed by atoms with E-state index in [9.17, 15) is 0 Å². The zero-order chi connectivity index (χ0) is 11.0. The maximum Gasteiger partial charge on any atom is 0.0622 e. The smallest absolute Gasteiger partial charge is 0.0622 e. The summed E-state index contributed by atoms with van der Waals surface area (Å²) >= 11 is 0. The number of piperidine rings is 2. The molecular formula is C13H24N2O. The van der Waals surface area contributed by atoms with E-state index in [2.05, 4.69) is 17.3 Å². The predicted molar refractivity (Wildman–Crippen MR) is 64.6 cm³/mol. The molecule has 3 rings (SSSR count). The van der Waals surface area contributed by atoms with E-state index in [0.717, 1.165) is 37.4 Å². The normalized spacial score (nSPS) is 44.8. The average Bonchev–Trinajstić information content (AvgIpc) is 2.80. The van der Waals surface area contributed by atoms with Gasteiger partial charge in [-0.15, -0.1) is 0 Å². The van der Waals surface area contributed by atoms with Crippen molar-refractivity contribution in [1.29, 1.82) is 0 Å². The highest BCUT2D eigenvalue weighted by molar-refractivity contribution is 4.98. The van der Waals surface area contributed by atoms with Gasteiger partial charge in [0.2, 0.25) is 0 Å². The van der Waals surface area contributed by atoms with Crippen molar-refractivity contribution in [2.45, 2.75) is 62.7 Å². The summed E-state index contributed by atoms with van der Waals surface area (Å²) in [6, 6.07) is 3.15. The summed E-state index contributed by atoms with van der Waals surface area (Å²) in [5.74, 6) is 0. The molecule has 0 aliphatic carbocycles. The van der Waals surface area contributed by atoms with Crippen molar-refractivity contribution in [2.24, 2.45) is 0 Å². The van der Waals surface area contributed by atoms with Crippen LogP contribution in [0.25, 0.3) is 0 Å². The molecule has 3 heteroatoms. The number of nitrogens with zero attached hydrogens (tertiary/aromatic N) is 1. The van der Waals surface area contributed by atoms with Crippen molar-refractivity contribution in [2.75, 3.05) is 20.3 Å². The average molecular weight is 224 g/mol. The van der Waals surface area contributed by atoms with E-state index in [1.807, 2.05) is 0 Å². The molecule has 3 aliphatic rings. The fraction of sp³-hybridized carbons (Fsp3) is 1.00. The molecule has 3 aliphatic heterocycles. The van der Waals surface area contributed by atoms with Crippen LogP contribution >= 0.6 is 0 Å². The minimum Gasteiger partial charge on any atom is -0.380 e. The van der Waals surface area contributed by atoms with Crippen LogP contribution in [-0.4, -0.2) is 49.3 Å². The molecule has 3 heterocycles.